The lowest BCUT2D eigenvalue weighted by molar-refractivity contribution is -0.153. The zero-order valence-corrected chi connectivity index (χ0v) is 19.9. The normalized spacial score (nSPS) is 37.0. The van der Waals surface area contributed by atoms with Gasteiger partial charge in [0.25, 0.3) is 0 Å². The summed E-state index contributed by atoms with van der Waals surface area (Å²) in [6.45, 7) is 6.44. The molecular weight excluding hydrogens is 428 g/mol. The van der Waals surface area contributed by atoms with Crippen LogP contribution in [-0.2, 0) is 19.1 Å². The number of thioether (sulfide) groups is 1. The lowest BCUT2D eigenvalue weighted by Gasteiger charge is -2.39. The van der Waals surface area contributed by atoms with Gasteiger partial charge in [0.2, 0.25) is 11.8 Å². The maximum absolute atomic E-state index is 14.0. The van der Waals surface area contributed by atoms with Crippen molar-refractivity contribution in [3.8, 4) is 0 Å². The van der Waals surface area contributed by atoms with Crippen LogP contribution in [0.5, 0.6) is 0 Å². The Labute approximate surface area is 194 Å². The molecule has 4 aliphatic heterocycles. The van der Waals surface area contributed by atoms with Crippen molar-refractivity contribution in [2.24, 2.45) is 11.8 Å². The maximum atomic E-state index is 14.0. The number of carbonyl (C=O) groups is 3. The van der Waals surface area contributed by atoms with Crippen LogP contribution in [0.1, 0.15) is 46.5 Å². The molecule has 0 aliphatic carbocycles. The first kappa shape index (κ1) is 23.4. The van der Waals surface area contributed by atoms with E-state index in [0.717, 1.165) is 19.3 Å². The lowest BCUT2D eigenvalue weighted by Crippen LogP contribution is -2.57. The van der Waals surface area contributed by atoms with Crippen LogP contribution in [-0.4, -0.2) is 80.6 Å². The molecule has 0 radical (unpaired) electrons. The molecule has 0 aromatic heterocycles. The molecule has 0 bridgehead atoms. The van der Waals surface area contributed by atoms with Gasteiger partial charge in [-0.25, -0.2) is 0 Å². The van der Waals surface area contributed by atoms with Gasteiger partial charge < -0.3 is 19.6 Å². The summed E-state index contributed by atoms with van der Waals surface area (Å²) >= 11 is 1.55. The Morgan fingerprint density at radius 2 is 2.00 bits per heavy atom. The van der Waals surface area contributed by atoms with Gasteiger partial charge in [0.15, 0.2) is 0 Å². The number of fused-ring (bicyclic) bond motifs is 2. The lowest BCUT2D eigenvalue weighted by atomic mass is 9.78. The first-order valence-corrected chi connectivity index (χ1v) is 12.7. The number of ether oxygens (including phenoxy) is 1. The van der Waals surface area contributed by atoms with Crippen LogP contribution in [0.3, 0.4) is 0 Å². The van der Waals surface area contributed by atoms with E-state index in [2.05, 4.69) is 6.08 Å². The van der Waals surface area contributed by atoms with E-state index in [1.54, 1.807) is 21.6 Å². The van der Waals surface area contributed by atoms with Crippen molar-refractivity contribution in [1.29, 1.82) is 0 Å². The van der Waals surface area contributed by atoms with Crippen LogP contribution in [0.15, 0.2) is 24.3 Å². The fraction of sp³-hybridized carbons (Fsp3) is 0.708. The number of cyclic esters (lactones) is 1. The third-order valence-electron chi connectivity index (χ3n) is 7.27. The summed E-state index contributed by atoms with van der Waals surface area (Å²) in [6, 6.07) is -1.24. The van der Waals surface area contributed by atoms with Gasteiger partial charge in [-0.05, 0) is 39.5 Å². The Hall–Kier alpha value is -1.80. The fourth-order valence-corrected chi connectivity index (χ4v) is 7.63. The van der Waals surface area contributed by atoms with Crippen LogP contribution in [0.25, 0.3) is 0 Å². The highest BCUT2D eigenvalue weighted by Crippen LogP contribution is 2.61. The molecular formula is C24H34N2O5S. The number of amides is 2. The molecule has 1 spiro atoms. The van der Waals surface area contributed by atoms with Crippen LogP contribution in [0.2, 0.25) is 0 Å². The molecule has 2 amide bonds. The second-order valence-electron chi connectivity index (χ2n) is 9.41. The number of carbonyl (C=O) groups excluding carboxylic acids is 3. The number of nitrogens with zero attached hydrogens (tertiary/aromatic N) is 2. The second-order valence-corrected chi connectivity index (χ2v) is 10.9. The molecule has 0 aromatic carbocycles. The molecule has 4 heterocycles. The van der Waals surface area contributed by atoms with Crippen molar-refractivity contribution in [3.63, 3.8) is 0 Å². The monoisotopic (exact) mass is 462 g/mol. The Kier molecular flexibility index (Phi) is 6.73. The molecule has 0 aromatic rings. The minimum absolute atomic E-state index is 0.0236. The van der Waals surface area contributed by atoms with Crippen molar-refractivity contribution in [2.45, 2.75) is 74.6 Å². The van der Waals surface area contributed by atoms with E-state index in [1.807, 2.05) is 39.0 Å². The Morgan fingerprint density at radius 3 is 2.69 bits per heavy atom. The van der Waals surface area contributed by atoms with E-state index < -0.39 is 28.7 Å². The van der Waals surface area contributed by atoms with Crippen molar-refractivity contribution in [3.05, 3.63) is 24.3 Å². The van der Waals surface area contributed by atoms with E-state index in [4.69, 9.17) is 4.74 Å². The third kappa shape index (κ3) is 3.59. The van der Waals surface area contributed by atoms with E-state index in [1.165, 1.54) is 0 Å². The van der Waals surface area contributed by atoms with Gasteiger partial charge >= 0.3 is 5.97 Å². The highest BCUT2D eigenvalue weighted by Gasteiger charge is 2.71. The van der Waals surface area contributed by atoms with Gasteiger partial charge in [-0.1, -0.05) is 31.2 Å². The first-order valence-electron chi connectivity index (χ1n) is 11.8. The number of rotatable bonds is 4. The maximum Gasteiger partial charge on any atom is 0.311 e. The van der Waals surface area contributed by atoms with E-state index in [-0.39, 0.29) is 35.7 Å². The van der Waals surface area contributed by atoms with Gasteiger partial charge in [0, 0.05) is 17.8 Å². The van der Waals surface area contributed by atoms with E-state index >= 15 is 0 Å². The molecule has 6 atom stereocenters. The number of hydrogen-bond donors (Lipinski definition) is 1. The predicted molar refractivity (Wildman–Crippen MR) is 123 cm³/mol. The molecule has 1 N–H and O–H groups in total. The highest BCUT2D eigenvalue weighted by atomic mass is 32.2. The van der Waals surface area contributed by atoms with Crippen LogP contribution < -0.4 is 0 Å². The molecule has 4 rings (SSSR count). The fourth-order valence-electron chi connectivity index (χ4n) is 5.65. The molecule has 2 saturated heterocycles. The third-order valence-corrected chi connectivity index (χ3v) is 9.01. The Bertz CT molecular complexity index is 823. The molecule has 8 heteroatoms. The van der Waals surface area contributed by atoms with Gasteiger partial charge in [-0.3, -0.25) is 14.4 Å². The summed E-state index contributed by atoms with van der Waals surface area (Å²) in [5.74, 6) is -2.02. The SMILES string of the molecule is CC[C@@H](CO)N1C(=O)[C@@H]2[C@@H]3C(=O)OCCCC/C=C\[C@@H]3S[C@@]23C=CCN(C(C)C)C(=O)C13. The van der Waals surface area contributed by atoms with Gasteiger partial charge in [-0.15, -0.1) is 11.8 Å². The van der Waals surface area contributed by atoms with Gasteiger partial charge in [0.05, 0.1) is 35.8 Å². The minimum atomic E-state index is -0.854. The molecule has 2 fully saturated rings. The number of likely N-dealkylation sites (tertiary alicyclic amines) is 1. The van der Waals surface area contributed by atoms with E-state index in [9.17, 15) is 19.5 Å². The molecule has 7 nitrogen and oxygen atoms in total. The van der Waals surface area contributed by atoms with Gasteiger partial charge in [0.1, 0.15) is 6.04 Å². The van der Waals surface area contributed by atoms with Crippen LogP contribution in [0.4, 0.5) is 0 Å². The number of hydrogen-bond acceptors (Lipinski definition) is 6. The molecule has 1 unspecified atom stereocenters. The predicted octanol–water partition coefficient (Wildman–Crippen LogP) is 2.14. The largest absolute Gasteiger partial charge is 0.465 e. The van der Waals surface area contributed by atoms with Crippen LogP contribution in [0, 0.1) is 11.8 Å². The summed E-state index contributed by atoms with van der Waals surface area (Å²) < 4.78 is 4.75. The Balaban J connectivity index is 1.85. The highest BCUT2D eigenvalue weighted by molar-refractivity contribution is 8.02. The number of esters is 1. The number of aliphatic hydroxyl groups is 1. The average molecular weight is 463 g/mol. The summed E-state index contributed by atoms with van der Waals surface area (Å²) in [5.41, 5.74) is 0. The summed E-state index contributed by atoms with van der Waals surface area (Å²) in [4.78, 5) is 44.5. The summed E-state index contributed by atoms with van der Waals surface area (Å²) in [7, 11) is 0. The van der Waals surface area contributed by atoms with Crippen LogP contribution >= 0.6 is 11.8 Å². The second kappa shape index (κ2) is 9.21. The standard InChI is InChI=1S/C24H34N2O5S/c1-4-16(14-27)26-20-22(29)25(15(2)3)12-9-11-24(20)19(21(26)28)18-17(32-24)10-7-5-6-8-13-31-23(18)30/h7,9-11,15-20,27H,4-6,8,12-14H2,1-3H3/b10-7-/t16-,17-,18+,19-,20?,24-/m0/s1. The van der Waals surface area contributed by atoms with Crippen molar-refractivity contribution in [1.82, 2.24) is 9.80 Å². The average Bonchev–Trinajstić information content (AvgIpc) is 3.15. The summed E-state index contributed by atoms with van der Waals surface area (Å²) in [5, 5.41) is 9.85. The van der Waals surface area contributed by atoms with Crippen molar-refractivity contribution >= 4 is 29.5 Å². The van der Waals surface area contributed by atoms with Gasteiger partial charge in [-0.2, -0.15) is 0 Å². The summed E-state index contributed by atoms with van der Waals surface area (Å²) in [6.07, 6.45) is 11.3. The first-order chi connectivity index (χ1) is 15.4. The quantitative estimate of drug-likeness (QED) is 0.509. The smallest absolute Gasteiger partial charge is 0.311 e. The zero-order chi connectivity index (χ0) is 23.0. The molecule has 0 saturated carbocycles. The molecule has 32 heavy (non-hydrogen) atoms. The van der Waals surface area contributed by atoms with E-state index in [0.29, 0.717) is 19.6 Å². The van der Waals surface area contributed by atoms with Crippen molar-refractivity contribution in [2.75, 3.05) is 19.8 Å². The molecule has 176 valence electrons. The minimum Gasteiger partial charge on any atom is -0.465 e. The van der Waals surface area contributed by atoms with Crippen molar-refractivity contribution < 1.29 is 24.2 Å². The zero-order valence-electron chi connectivity index (χ0n) is 19.1. The number of allylic oxidation sites excluding steroid dienone is 1. The number of aliphatic hydroxyl groups excluding tert-OH is 1. The molecule has 4 aliphatic rings. The Morgan fingerprint density at radius 1 is 1.22 bits per heavy atom. The topological polar surface area (TPSA) is 87.2 Å².